The minimum atomic E-state index is -2.15. The molecule has 0 spiro atoms. The van der Waals surface area contributed by atoms with Crippen molar-refractivity contribution in [1.29, 1.82) is 0 Å². The quantitative estimate of drug-likeness (QED) is 0.360. The van der Waals surface area contributed by atoms with Crippen LogP contribution in [0.3, 0.4) is 0 Å². The van der Waals surface area contributed by atoms with E-state index in [9.17, 15) is 27.2 Å². The van der Waals surface area contributed by atoms with E-state index in [0.717, 1.165) is 0 Å². The molecule has 9 heteroatoms. The minimum absolute atomic E-state index is 0.480. The summed E-state index contributed by atoms with van der Waals surface area (Å²) in [5, 5.41) is 0. The van der Waals surface area contributed by atoms with E-state index in [1.54, 1.807) is 0 Å². The maximum atomic E-state index is 13.5. The number of ketones is 2. The van der Waals surface area contributed by atoms with E-state index in [0.29, 0.717) is 11.7 Å². The normalized spacial score (nSPS) is 13.5. The molecule has 0 bridgehead atoms. The highest BCUT2D eigenvalue weighted by molar-refractivity contribution is 6.99. The van der Waals surface area contributed by atoms with Gasteiger partial charge in [-0.2, -0.15) is 8.75 Å². The summed E-state index contributed by atoms with van der Waals surface area (Å²) in [5.41, 5.74) is -3.29. The molecule has 0 amide bonds. The molecule has 2 aromatic rings. The summed E-state index contributed by atoms with van der Waals surface area (Å²) >= 11 is 0.480. The summed E-state index contributed by atoms with van der Waals surface area (Å²) in [6.45, 7) is 0. The molecule has 1 heterocycles. The van der Waals surface area contributed by atoms with Gasteiger partial charge in [0.2, 0.25) is 11.6 Å². The third-order valence-electron chi connectivity index (χ3n) is 2.64. The van der Waals surface area contributed by atoms with Crippen LogP contribution in [-0.4, -0.2) is 20.3 Å². The van der Waals surface area contributed by atoms with Crippen LogP contribution in [0.2, 0.25) is 0 Å². The van der Waals surface area contributed by atoms with Gasteiger partial charge < -0.3 is 0 Å². The number of hydrogen-bond acceptors (Lipinski definition) is 5. The molecule has 0 aliphatic heterocycles. The molecular formula is C10F4N2O2S. The number of benzene rings is 1. The van der Waals surface area contributed by atoms with Crippen molar-refractivity contribution in [1.82, 2.24) is 8.75 Å². The molecule has 4 nitrogen and oxygen atoms in total. The Morgan fingerprint density at radius 3 is 1.42 bits per heavy atom. The highest BCUT2D eigenvalue weighted by atomic mass is 32.1. The second-order valence-corrected chi connectivity index (χ2v) is 4.15. The number of hydrogen-bond donors (Lipinski definition) is 0. The lowest BCUT2D eigenvalue weighted by atomic mass is 9.89. The first-order valence-corrected chi connectivity index (χ1v) is 5.46. The van der Waals surface area contributed by atoms with E-state index in [1.807, 2.05) is 0 Å². The van der Waals surface area contributed by atoms with Gasteiger partial charge in [-0.05, 0) is 0 Å². The molecule has 0 saturated carbocycles. The number of halogens is 4. The predicted molar refractivity (Wildman–Crippen MR) is 53.0 cm³/mol. The molecule has 1 aliphatic carbocycles. The molecule has 0 saturated heterocycles. The number of rotatable bonds is 0. The van der Waals surface area contributed by atoms with Gasteiger partial charge in [-0.3, -0.25) is 9.59 Å². The Kier molecular flexibility index (Phi) is 2.30. The number of carbonyl (C=O) groups is 2. The summed E-state index contributed by atoms with van der Waals surface area (Å²) in [6.07, 6.45) is 0. The summed E-state index contributed by atoms with van der Waals surface area (Å²) in [5.74, 6) is -10.5. The van der Waals surface area contributed by atoms with E-state index in [4.69, 9.17) is 0 Å². The van der Waals surface area contributed by atoms with Crippen LogP contribution in [0.15, 0.2) is 0 Å². The molecule has 1 aromatic carbocycles. The lowest BCUT2D eigenvalue weighted by molar-refractivity contribution is 0.0964. The van der Waals surface area contributed by atoms with E-state index < -0.39 is 57.4 Å². The van der Waals surface area contributed by atoms with Crippen LogP contribution in [0.25, 0.3) is 0 Å². The third-order valence-corrected chi connectivity index (χ3v) is 3.17. The molecule has 1 aliphatic rings. The maximum absolute atomic E-state index is 13.5. The lowest BCUT2D eigenvalue weighted by Gasteiger charge is -2.14. The first kappa shape index (κ1) is 11.9. The van der Waals surface area contributed by atoms with Gasteiger partial charge in [-0.1, -0.05) is 0 Å². The lowest BCUT2D eigenvalue weighted by Crippen LogP contribution is -2.26. The number of fused-ring (bicyclic) bond motifs is 2. The fourth-order valence-corrected chi connectivity index (χ4v) is 2.32. The Hall–Kier alpha value is -2.16. The van der Waals surface area contributed by atoms with Crippen molar-refractivity contribution >= 4 is 23.3 Å². The molecular weight excluding hydrogens is 288 g/mol. The van der Waals surface area contributed by atoms with Crippen LogP contribution in [0.1, 0.15) is 32.1 Å². The van der Waals surface area contributed by atoms with Crippen LogP contribution in [-0.2, 0) is 0 Å². The third kappa shape index (κ3) is 1.33. The number of aromatic nitrogens is 2. The Morgan fingerprint density at radius 2 is 1.05 bits per heavy atom. The van der Waals surface area contributed by atoms with Crippen LogP contribution >= 0.6 is 11.7 Å². The fourth-order valence-electron chi connectivity index (χ4n) is 1.78. The molecule has 0 radical (unpaired) electrons. The van der Waals surface area contributed by atoms with Crippen molar-refractivity contribution < 1.29 is 27.2 Å². The molecule has 0 fully saturated rings. The van der Waals surface area contributed by atoms with Crippen LogP contribution in [0, 0.1) is 23.3 Å². The first-order chi connectivity index (χ1) is 8.95. The van der Waals surface area contributed by atoms with Crippen molar-refractivity contribution in [2.45, 2.75) is 0 Å². The predicted octanol–water partition coefficient (Wildman–Crippen LogP) is 1.87. The van der Waals surface area contributed by atoms with Crippen LogP contribution in [0.5, 0.6) is 0 Å². The maximum Gasteiger partial charge on any atom is 0.218 e. The van der Waals surface area contributed by atoms with Gasteiger partial charge >= 0.3 is 0 Å². The second kappa shape index (κ2) is 3.67. The zero-order valence-electron chi connectivity index (χ0n) is 8.63. The Labute approximate surface area is 106 Å². The van der Waals surface area contributed by atoms with E-state index >= 15 is 0 Å². The SMILES string of the molecule is O=C1c2nsnc2C(=O)c2c(F)c(F)c(F)c(F)c21. The number of nitrogens with zero attached hydrogens (tertiary/aromatic N) is 2. The first-order valence-electron chi connectivity index (χ1n) is 4.73. The van der Waals surface area contributed by atoms with Gasteiger partial charge in [0.05, 0.1) is 22.9 Å². The molecule has 1 aromatic heterocycles. The summed E-state index contributed by atoms with van der Waals surface area (Å²) in [4.78, 5) is 23.6. The van der Waals surface area contributed by atoms with Crippen LogP contribution in [0.4, 0.5) is 17.6 Å². The van der Waals surface area contributed by atoms with Crippen molar-refractivity contribution in [2.75, 3.05) is 0 Å². The summed E-state index contributed by atoms with van der Waals surface area (Å²) < 4.78 is 60.2. The van der Waals surface area contributed by atoms with Gasteiger partial charge in [0, 0.05) is 0 Å². The van der Waals surface area contributed by atoms with Gasteiger partial charge in [-0.15, -0.1) is 0 Å². The smallest absolute Gasteiger partial charge is 0.218 e. The topological polar surface area (TPSA) is 59.9 Å². The van der Waals surface area contributed by atoms with Crippen LogP contribution < -0.4 is 0 Å². The highest BCUT2D eigenvalue weighted by Gasteiger charge is 2.41. The highest BCUT2D eigenvalue weighted by Crippen LogP contribution is 2.32. The molecule has 0 N–H and O–H groups in total. The van der Waals surface area contributed by atoms with Crippen molar-refractivity contribution in [3.8, 4) is 0 Å². The zero-order valence-corrected chi connectivity index (χ0v) is 9.45. The molecule has 96 valence electrons. The van der Waals surface area contributed by atoms with E-state index in [1.165, 1.54) is 0 Å². The molecule has 19 heavy (non-hydrogen) atoms. The standard InChI is InChI=1S/C10F4N2O2S/c11-3-1-2(4(12)6(14)5(3)13)10(18)8-7(9(1)17)15-19-16-8. The Morgan fingerprint density at radius 1 is 0.684 bits per heavy atom. The summed E-state index contributed by atoms with van der Waals surface area (Å²) in [6, 6.07) is 0. The monoisotopic (exact) mass is 288 g/mol. The van der Waals surface area contributed by atoms with Crippen molar-refractivity contribution in [2.24, 2.45) is 0 Å². The molecule has 0 unspecified atom stereocenters. The van der Waals surface area contributed by atoms with E-state index in [2.05, 4.69) is 8.75 Å². The van der Waals surface area contributed by atoms with Gasteiger partial charge in [-0.25, -0.2) is 17.6 Å². The zero-order chi connectivity index (χ0) is 13.9. The number of carbonyl (C=O) groups excluding carboxylic acids is 2. The largest absolute Gasteiger partial charge is 0.287 e. The van der Waals surface area contributed by atoms with E-state index in [-0.39, 0.29) is 0 Å². The van der Waals surface area contributed by atoms with Crippen molar-refractivity contribution in [3.63, 3.8) is 0 Å². The Balaban J connectivity index is 2.47. The molecule has 3 rings (SSSR count). The molecule has 0 atom stereocenters. The Bertz CT molecular complexity index is 710. The summed E-state index contributed by atoms with van der Waals surface area (Å²) in [7, 11) is 0. The fraction of sp³-hybridized carbons (Fsp3) is 0. The second-order valence-electron chi connectivity index (χ2n) is 3.63. The van der Waals surface area contributed by atoms with Crippen molar-refractivity contribution in [3.05, 3.63) is 45.8 Å². The van der Waals surface area contributed by atoms with Gasteiger partial charge in [0.1, 0.15) is 0 Å². The minimum Gasteiger partial charge on any atom is -0.287 e. The van der Waals surface area contributed by atoms with Gasteiger partial charge in [0.25, 0.3) is 0 Å². The average molecular weight is 288 g/mol. The van der Waals surface area contributed by atoms with Gasteiger partial charge in [0.15, 0.2) is 34.7 Å². The average Bonchev–Trinajstić information content (AvgIpc) is 2.87.